The first kappa shape index (κ1) is 21.0. The van der Waals surface area contributed by atoms with Gasteiger partial charge in [-0.3, -0.25) is 4.79 Å². The number of methoxy groups -OCH3 is 2. The van der Waals surface area contributed by atoms with Crippen LogP contribution in [0.2, 0.25) is 0 Å². The van der Waals surface area contributed by atoms with Crippen molar-refractivity contribution in [2.45, 2.75) is 25.4 Å². The van der Waals surface area contributed by atoms with Crippen LogP contribution in [0.3, 0.4) is 0 Å². The van der Waals surface area contributed by atoms with E-state index >= 15 is 0 Å². The highest BCUT2D eigenvalue weighted by Gasteiger charge is 2.30. The molecule has 1 fully saturated rings. The fourth-order valence-electron chi connectivity index (χ4n) is 3.90. The first-order valence-corrected chi connectivity index (χ1v) is 10.3. The van der Waals surface area contributed by atoms with Crippen molar-refractivity contribution in [3.8, 4) is 22.8 Å². The molecule has 0 saturated carbocycles. The van der Waals surface area contributed by atoms with Gasteiger partial charge in [0, 0.05) is 12.1 Å². The second kappa shape index (κ2) is 9.26. The molecule has 0 bridgehead atoms. The van der Waals surface area contributed by atoms with Gasteiger partial charge in [-0.25, -0.2) is 0 Å². The van der Waals surface area contributed by atoms with Crippen molar-refractivity contribution < 1.29 is 23.2 Å². The number of piperidine rings is 1. The van der Waals surface area contributed by atoms with Crippen molar-refractivity contribution in [1.82, 2.24) is 15.0 Å². The third kappa shape index (κ3) is 4.59. The largest absolute Gasteiger partial charge is 0.497 e. The van der Waals surface area contributed by atoms with Crippen molar-refractivity contribution >= 4 is 5.91 Å². The lowest BCUT2D eigenvalue weighted by molar-refractivity contribution is 0.0540. The van der Waals surface area contributed by atoms with Gasteiger partial charge in [-0.15, -0.1) is 0 Å². The molecule has 0 atom stereocenters. The molecule has 31 heavy (non-hydrogen) atoms. The van der Waals surface area contributed by atoms with Crippen LogP contribution in [-0.4, -0.2) is 61.3 Å². The average Bonchev–Trinajstić information content (AvgIpc) is 3.49. The first-order valence-electron chi connectivity index (χ1n) is 10.3. The molecular formula is C23H27N3O5. The second-order valence-electron chi connectivity index (χ2n) is 7.69. The molecule has 1 amide bonds. The Bertz CT molecular complexity index is 1010. The van der Waals surface area contributed by atoms with Gasteiger partial charge in [-0.1, -0.05) is 5.16 Å². The van der Waals surface area contributed by atoms with E-state index in [1.165, 1.54) is 0 Å². The minimum absolute atomic E-state index is 0.111. The lowest BCUT2D eigenvalue weighted by Crippen LogP contribution is -2.46. The van der Waals surface area contributed by atoms with E-state index in [4.69, 9.17) is 18.4 Å². The van der Waals surface area contributed by atoms with E-state index in [2.05, 4.69) is 17.1 Å². The standard InChI is InChI=1S/C23H27N3O5/c1-25-10-8-16(9-11-25)26(15-18-5-4-12-30-18)23(27)20-14-22(31-24-20)19-13-17(28-2)6-7-21(19)29-3/h4-7,12-14,16H,8-11,15H2,1-3H3. The number of nitrogens with zero attached hydrogens (tertiary/aromatic N) is 3. The van der Waals surface area contributed by atoms with Gasteiger partial charge in [0.1, 0.15) is 17.3 Å². The summed E-state index contributed by atoms with van der Waals surface area (Å²) < 4.78 is 21.8. The number of carbonyl (C=O) groups is 1. The summed E-state index contributed by atoms with van der Waals surface area (Å²) in [7, 11) is 5.27. The summed E-state index contributed by atoms with van der Waals surface area (Å²) in [6, 6.07) is 10.9. The highest BCUT2D eigenvalue weighted by Crippen LogP contribution is 2.34. The normalized spacial score (nSPS) is 15.1. The predicted molar refractivity (Wildman–Crippen MR) is 114 cm³/mol. The fraction of sp³-hybridized carbons (Fsp3) is 0.391. The summed E-state index contributed by atoms with van der Waals surface area (Å²) in [5.41, 5.74) is 0.927. The summed E-state index contributed by atoms with van der Waals surface area (Å²) in [5.74, 6) is 2.28. The smallest absolute Gasteiger partial charge is 0.276 e. The summed E-state index contributed by atoms with van der Waals surface area (Å²) in [4.78, 5) is 17.6. The zero-order valence-corrected chi connectivity index (χ0v) is 18.0. The topological polar surface area (TPSA) is 81.2 Å². The molecular weight excluding hydrogens is 398 g/mol. The van der Waals surface area contributed by atoms with Crippen LogP contribution in [-0.2, 0) is 6.54 Å². The third-order valence-corrected chi connectivity index (χ3v) is 5.70. The van der Waals surface area contributed by atoms with Gasteiger partial charge in [-0.05, 0) is 63.3 Å². The number of ether oxygens (including phenoxy) is 2. The number of aromatic nitrogens is 1. The predicted octanol–water partition coefficient (Wildman–Crippen LogP) is 3.69. The molecule has 0 unspecified atom stereocenters. The van der Waals surface area contributed by atoms with Crippen LogP contribution in [0.15, 0.2) is 51.6 Å². The van der Waals surface area contributed by atoms with Crippen LogP contribution in [0.5, 0.6) is 11.5 Å². The highest BCUT2D eigenvalue weighted by atomic mass is 16.5. The highest BCUT2D eigenvalue weighted by molar-refractivity contribution is 5.93. The molecule has 1 aliphatic heterocycles. The molecule has 0 radical (unpaired) electrons. The van der Waals surface area contributed by atoms with Crippen LogP contribution in [0.4, 0.5) is 0 Å². The number of carbonyl (C=O) groups excluding carboxylic acids is 1. The molecule has 164 valence electrons. The second-order valence-corrected chi connectivity index (χ2v) is 7.69. The molecule has 0 spiro atoms. The van der Waals surface area contributed by atoms with Crippen LogP contribution in [0.25, 0.3) is 11.3 Å². The number of benzene rings is 1. The zero-order chi connectivity index (χ0) is 21.8. The Balaban J connectivity index is 1.61. The number of hydrogen-bond donors (Lipinski definition) is 0. The van der Waals surface area contributed by atoms with Gasteiger partial charge in [0.2, 0.25) is 0 Å². The van der Waals surface area contributed by atoms with Gasteiger partial charge < -0.3 is 28.2 Å². The van der Waals surface area contributed by atoms with Gasteiger partial charge in [0.25, 0.3) is 5.91 Å². The number of furan rings is 1. The van der Waals surface area contributed by atoms with Crippen LogP contribution >= 0.6 is 0 Å². The number of rotatable bonds is 7. The molecule has 0 N–H and O–H groups in total. The monoisotopic (exact) mass is 425 g/mol. The molecule has 0 aliphatic carbocycles. The molecule has 3 heterocycles. The van der Waals surface area contributed by atoms with Crippen LogP contribution in [0.1, 0.15) is 29.1 Å². The maximum Gasteiger partial charge on any atom is 0.276 e. The summed E-state index contributed by atoms with van der Waals surface area (Å²) in [6.07, 6.45) is 3.42. The maximum atomic E-state index is 13.5. The summed E-state index contributed by atoms with van der Waals surface area (Å²) in [6.45, 7) is 2.28. The number of likely N-dealkylation sites (tertiary alicyclic amines) is 1. The summed E-state index contributed by atoms with van der Waals surface area (Å²) in [5, 5.41) is 4.08. The Kier molecular flexibility index (Phi) is 6.27. The van der Waals surface area contributed by atoms with E-state index in [0.717, 1.165) is 31.7 Å². The lowest BCUT2D eigenvalue weighted by atomic mass is 10.0. The van der Waals surface area contributed by atoms with E-state index in [1.807, 2.05) is 17.0 Å². The maximum absolute atomic E-state index is 13.5. The minimum atomic E-state index is -0.178. The Hall–Kier alpha value is -3.26. The van der Waals surface area contributed by atoms with E-state index < -0.39 is 0 Å². The van der Waals surface area contributed by atoms with E-state index in [-0.39, 0.29) is 17.6 Å². The van der Waals surface area contributed by atoms with Crippen molar-refractivity contribution in [2.24, 2.45) is 0 Å². The Morgan fingerprint density at radius 3 is 2.68 bits per heavy atom. The van der Waals surface area contributed by atoms with Gasteiger partial charge >= 0.3 is 0 Å². The van der Waals surface area contributed by atoms with Crippen molar-refractivity contribution in [3.05, 3.63) is 54.1 Å². The first-order chi connectivity index (χ1) is 15.1. The molecule has 4 rings (SSSR count). The Morgan fingerprint density at radius 1 is 1.19 bits per heavy atom. The molecule has 2 aromatic heterocycles. The van der Waals surface area contributed by atoms with E-state index in [9.17, 15) is 4.79 Å². The SMILES string of the molecule is COc1ccc(OC)c(-c2cc(C(=O)N(Cc3ccco3)C3CCN(C)CC3)no2)c1. The molecule has 3 aromatic rings. The molecule has 1 saturated heterocycles. The Labute approximate surface area is 181 Å². The third-order valence-electron chi connectivity index (χ3n) is 5.70. The van der Waals surface area contributed by atoms with Gasteiger partial charge in [-0.2, -0.15) is 0 Å². The average molecular weight is 425 g/mol. The van der Waals surface area contributed by atoms with E-state index in [0.29, 0.717) is 29.4 Å². The molecule has 8 nitrogen and oxygen atoms in total. The Morgan fingerprint density at radius 2 is 2.00 bits per heavy atom. The fourth-order valence-corrected chi connectivity index (χ4v) is 3.90. The van der Waals surface area contributed by atoms with E-state index in [1.54, 1.807) is 44.7 Å². The van der Waals surface area contributed by atoms with Crippen LogP contribution in [0, 0.1) is 0 Å². The lowest BCUT2D eigenvalue weighted by Gasteiger charge is -2.36. The number of hydrogen-bond acceptors (Lipinski definition) is 7. The molecule has 1 aromatic carbocycles. The van der Waals surface area contributed by atoms with Crippen molar-refractivity contribution in [2.75, 3.05) is 34.4 Å². The van der Waals surface area contributed by atoms with Crippen LogP contribution < -0.4 is 9.47 Å². The molecule has 8 heteroatoms. The van der Waals surface area contributed by atoms with Crippen molar-refractivity contribution in [3.63, 3.8) is 0 Å². The number of amides is 1. The zero-order valence-electron chi connectivity index (χ0n) is 18.0. The van der Waals surface area contributed by atoms with Gasteiger partial charge in [0.15, 0.2) is 11.5 Å². The quantitative estimate of drug-likeness (QED) is 0.571. The molecule has 1 aliphatic rings. The minimum Gasteiger partial charge on any atom is -0.497 e. The van der Waals surface area contributed by atoms with Crippen molar-refractivity contribution in [1.29, 1.82) is 0 Å². The summed E-state index contributed by atoms with van der Waals surface area (Å²) >= 11 is 0. The van der Waals surface area contributed by atoms with Gasteiger partial charge in [0.05, 0.1) is 32.6 Å².